The third-order valence-corrected chi connectivity index (χ3v) is 7.63. The molecule has 4 aromatic heterocycles. The molecular formula is C20H18N2OS3. The van der Waals surface area contributed by atoms with Crippen molar-refractivity contribution in [2.45, 2.75) is 25.9 Å². The van der Waals surface area contributed by atoms with Gasteiger partial charge in [-0.05, 0) is 53.2 Å². The van der Waals surface area contributed by atoms with Crippen molar-refractivity contribution in [2.75, 3.05) is 6.54 Å². The van der Waals surface area contributed by atoms with Crippen LogP contribution in [0.1, 0.15) is 32.8 Å². The lowest BCUT2D eigenvalue weighted by atomic mass is 9.98. The van der Waals surface area contributed by atoms with Gasteiger partial charge in [0.25, 0.3) is 0 Å². The van der Waals surface area contributed by atoms with Crippen molar-refractivity contribution >= 4 is 34.0 Å². The first-order valence-electron chi connectivity index (χ1n) is 8.63. The highest BCUT2D eigenvalue weighted by Crippen LogP contribution is 2.40. The lowest BCUT2D eigenvalue weighted by Gasteiger charge is -2.35. The van der Waals surface area contributed by atoms with Gasteiger partial charge in [0, 0.05) is 22.8 Å². The Morgan fingerprint density at radius 2 is 2.00 bits per heavy atom. The highest BCUT2D eigenvalue weighted by Gasteiger charge is 2.31. The van der Waals surface area contributed by atoms with Crippen LogP contribution in [0.15, 0.2) is 50.9 Å². The van der Waals surface area contributed by atoms with Crippen LogP contribution in [0.2, 0.25) is 0 Å². The van der Waals surface area contributed by atoms with Gasteiger partial charge in [0.15, 0.2) is 0 Å². The summed E-state index contributed by atoms with van der Waals surface area (Å²) < 4.78 is 5.96. The highest BCUT2D eigenvalue weighted by molar-refractivity contribution is 7.13. The van der Waals surface area contributed by atoms with Crippen molar-refractivity contribution in [3.63, 3.8) is 0 Å². The Morgan fingerprint density at radius 3 is 2.81 bits per heavy atom. The Kier molecular flexibility index (Phi) is 4.29. The van der Waals surface area contributed by atoms with E-state index >= 15 is 0 Å². The summed E-state index contributed by atoms with van der Waals surface area (Å²) in [5.74, 6) is 1.67. The maximum Gasteiger partial charge on any atom is 0.236 e. The van der Waals surface area contributed by atoms with Crippen LogP contribution >= 0.6 is 34.0 Å². The molecular weight excluding hydrogens is 380 g/mol. The third-order valence-electron chi connectivity index (χ3n) is 4.86. The molecule has 3 nitrogen and oxygen atoms in total. The SMILES string of the molecule is Cc1oc(-c2cccs2)nc1CN1CCc2sccc2C1c1cccs1. The summed E-state index contributed by atoms with van der Waals surface area (Å²) in [6, 6.07) is 11.1. The van der Waals surface area contributed by atoms with Crippen LogP contribution in [-0.2, 0) is 13.0 Å². The molecule has 26 heavy (non-hydrogen) atoms. The van der Waals surface area contributed by atoms with Gasteiger partial charge in [-0.25, -0.2) is 4.98 Å². The summed E-state index contributed by atoms with van der Waals surface area (Å²) >= 11 is 5.39. The molecule has 1 unspecified atom stereocenters. The molecule has 0 aromatic carbocycles. The average molecular weight is 399 g/mol. The standard InChI is InChI=1S/C20H18N2OS3/c1-13-15(21-20(23-13)18-5-3-10-25-18)12-22-8-6-16-14(7-11-26-16)19(22)17-4-2-9-24-17/h2-5,7,9-11,19H,6,8,12H2,1H3. The normalized spacial score (nSPS) is 17.5. The van der Waals surface area contributed by atoms with E-state index in [1.165, 1.54) is 15.3 Å². The summed E-state index contributed by atoms with van der Waals surface area (Å²) in [4.78, 5) is 11.4. The topological polar surface area (TPSA) is 29.3 Å². The zero-order valence-electron chi connectivity index (χ0n) is 14.3. The van der Waals surface area contributed by atoms with E-state index in [-0.39, 0.29) is 0 Å². The molecule has 0 amide bonds. The van der Waals surface area contributed by atoms with Crippen LogP contribution in [-0.4, -0.2) is 16.4 Å². The Hall–Kier alpha value is -1.73. The van der Waals surface area contributed by atoms with E-state index in [2.05, 4.69) is 45.3 Å². The van der Waals surface area contributed by atoms with Gasteiger partial charge in [0.05, 0.1) is 16.6 Å². The summed E-state index contributed by atoms with van der Waals surface area (Å²) in [6.07, 6.45) is 1.11. The van der Waals surface area contributed by atoms with Crippen LogP contribution < -0.4 is 0 Å². The molecule has 6 heteroatoms. The molecule has 0 N–H and O–H groups in total. The fourth-order valence-electron chi connectivity index (χ4n) is 3.59. The second-order valence-electron chi connectivity index (χ2n) is 6.44. The molecule has 0 spiro atoms. The van der Waals surface area contributed by atoms with Crippen LogP contribution in [0.5, 0.6) is 0 Å². The zero-order valence-corrected chi connectivity index (χ0v) is 16.8. The van der Waals surface area contributed by atoms with E-state index in [0.29, 0.717) is 6.04 Å². The second kappa shape index (κ2) is 6.78. The maximum atomic E-state index is 5.96. The lowest BCUT2D eigenvalue weighted by molar-refractivity contribution is 0.205. The van der Waals surface area contributed by atoms with Gasteiger partial charge in [0.2, 0.25) is 5.89 Å². The van der Waals surface area contributed by atoms with Crippen LogP contribution in [0.3, 0.4) is 0 Å². The number of rotatable bonds is 4. The summed E-state index contributed by atoms with van der Waals surface area (Å²) in [5.41, 5.74) is 2.51. The molecule has 4 aromatic rings. The molecule has 0 saturated carbocycles. The molecule has 1 aliphatic rings. The number of hydrogen-bond donors (Lipinski definition) is 0. The fraction of sp³-hybridized carbons (Fsp3) is 0.250. The highest BCUT2D eigenvalue weighted by atomic mass is 32.1. The van der Waals surface area contributed by atoms with E-state index in [9.17, 15) is 0 Å². The molecule has 0 radical (unpaired) electrons. The first kappa shape index (κ1) is 16.4. The van der Waals surface area contributed by atoms with Crippen molar-refractivity contribution in [1.82, 2.24) is 9.88 Å². The van der Waals surface area contributed by atoms with Gasteiger partial charge in [0.1, 0.15) is 5.76 Å². The minimum Gasteiger partial charge on any atom is -0.440 e. The molecule has 0 fully saturated rings. The van der Waals surface area contributed by atoms with E-state index in [1.807, 2.05) is 35.7 Å². The Bertz CT molecular complexity index is 998. The van der Waals surface area contributed by atoms with Crippen LogP contribution in [0, 0.1) is 6.92 Å². The molecule has 132 valence electrons. The first-order chi connectivity index (χ1) is 12.8. The largest absolute Gasteiger partial charge is 0.440 e. The van der Waals surface area contributed by atoms with Gasteiger partial charge in [-0.3, -0.25) is 4.90 Å². The Balaban J connectivity index is 1.48. The summed E-state index contributed by atoms with van der Waals surface area (Å²) in [5, 5.41) is 6.46. The molecule has 0 bridgehead atoms. The van der Waals surface area contributed by atoms with Crippen LogP contribution in [0.4, 0.5) is 0 Å². The van der Waals surface area contributed by atoms with Gasteiger partial charge in [-0.1, -0.05) is 12.1 Å². The summed E-state index contributed by atoms with van der Waals surface area (Å²) in [6.45, 7) is 3.90. The van der Waals surface area contributed by atoms with Gasteiger partial charge in [-0.2, -0.15) is 0 Å². The zero-order chi connectivity index (χ0) is 17.5. The molecule has 1 atom stereocenters. The quantitative estimate of drug-likeness (QED) is 0.423. The molecule has 1 aliphatic heterocycles. The predicted molar refractivity (Wildman–Crippen MR) is 109 cm³/mol. The van der Waals surface area contributed by atoms with Crippen molar-refractivity contribution < 1.29 is 4.42 Å². The van der Waals surface area contributed by atoms with E-state index < -0.39 is 0 Å². The number of nitrogens with zero attached hydrogens (tertiary/aromatic N) is 2. The first-order valence-corrected chi connectivity index (χ1v) is 11.3. The third kappa shape index (κ3) is 2.87. The van der Waals surface area contributed by atoms with Crippen LogP contribution in [0.25, 0.3) is 10.8 Å². The van der Waals surface area contributed by atoms with Crippen molar-refractivity contribution in [2.24, 2.45) is 0 Å². The molecule has 0 saturated heterocycles. The van der Waals surface area contributed by atoms with E-state index in [4.69, 9.17) is 9.40 Å². The molecule has 5 rings (SSSR count). The lowest BCUT2D eigenvalue weighted by Crippen LogP contribution is -2.34. The predicted octanol–water partition coefficient (Wildman–Crippen LogP) is 5.98. The number of oxazole rings is 1. The monoisotopic (exact) mass is 398 g/mol. The van der Waals surface area contributed by atoms with Crippen molar-refractivity contribution in [3.05, 3.63) is 73.2 Å². The number of fused-ring (bicyclic) bond motifs is 1. The minimum absolute atomic E-state index is 0.325. The number of aryl methyl sites for hydroxylation is 1. The number of thiophene rings is 3. The van der Waals surface area contributed by atoms with Gasteiger partial charge >= 0.3 is 0 Å². The van der Waals surface area contributed by atoms with Gasteiger partial charge in [-0.15, -0.1) is 34.0 Å². The van der Waals surface area contributed by atoms with E-state index in [1.54, 1.807) is 11.3 Å². The number of aromatic nitrogens is 1. The van der Waals surface area contributed by atoms with Crippen molar-refractivity contribution in [3.8, 4) is 10.8 Å². The molecule has 0 aliphatic carbocycles. The van der Waals surface area contributed by atoms with Gasteiger partial charge < -0.3 is 4.42 Å². The number of hydrogen-bond acceptors (Lipinski definition) is 6. The average Bonchev–Trinajstić information content (AvgIpc) is 3.43. The minimum atomic E-state index is 0.325. The Morgan fingerprint density at radius 1 is 1.12 bits per heavy atom. The molecule has 5 heterocycles. The van der Waals surface area contributed by atoms with Crippen molar-refractivity contribution in [1.29, 1.82) is 0 Å². The van der Waals surface area contributed by atoms with E-state index in [0.717, 1.165) is 41.7 Å². The maximum absolute atomic E-state index is 5.96. The smallest absolute Gasteiger partial charge is 0.236 e. The Labute approximate surface area is 164 Å². The second-order valence-corrected chi connectivity index (χ2v) is 9.36. The fourth-order valence-corrected chi connectivity index (χ4v) is 6.02. The summed E-state index contributed by atoms with van der Waals surface area (Å²) in [7, 11) is 0.